The summed E-state index contributed by atoms with van der Waals surface area (Å²) >= 11 is 6.11. The molecule has 0 radical (unpaired) electrons. The summed E-state index contributed by atoms with van der Waals surface area (Å²) in [6.07, 6.45) is 6.78. The minimum atomic E-state index is 0.466. The van der Waals surface area contributed by atoms with Gasteiger partial charge in [0.05, 0.1) is 0 Å². The van der Waals surface area contributed by atoms with Gasteiger partial charge in [-0.05, 0) is 38.8 Å². The first-order chi connectivity index (χ1) is 5.38. The molecule has 2 unspecified atom stereocenters. The smallest absolute Gasteiger partial charge is 0.0492 e. The second-order valence-electron chi connectivity index (χ2n) is 3.76. The minimum absolute atomic E-state index is 0.466. The Bertz CT molecular complexity index is 132. The molecule has 2 rings (SSSR count). The molecule has 2 atom stereocenters. The fourth-order valence-corrected chi connectivity index (χ4v) is 2.51. The molecule has 1 nitrogen and oxygen atoms in total. The van der Waals surface area contributed by atoms with Crippen LogP contribution in [-0.4, -0.2) is 29.4 Å². The quantitative estimate of drug-likeness (QED) is 0.550. The zero-order valence-electron chi connectivity index (χ0n) is 6.93. The summed E-state index contributed by atoms with van der Waals surface area (Å²) in [6, 6.07) is 0.733. The fraction of sp³-hybridized carbons (Fsp3) is 1.00. The normalized spacial score (nSPS) is 40.1. The van der Waals surface area contributed by atoms with Crippen LogP contribution >= 0.6 is 11.6 Å². The Morgan fingerprint density at radius 1 is 1.00 bits per heavy atom. The minimum Gasteiger partial charge on any atom is -0.299 e. The molecule has 2 heteroatoms. The Kier molecular flexibility index (Phi) is 2.38. The van der Waals surface area contributed by atoms with Gasteiger partial charge in [-0.1, -0.05) is 6.42 Å². The molecule has 2 aliphatic rings. The van der Waals surface area contributed by atoms with E-state index in [0.29, 0.717) is 5.38 Å². The number of halogens is 1. The van der Waals surface area contributed by atoms with Crippen molar-refractivity contribution in [2.24, 2.45) is 0 Å². The lowest BCUT2D eigenvalue weighted by atomic mass is 9.89. The molecular weight excluding hydrogens is 158 g/mol. The third-order valence-corrected chi connectivity index (χ3v) is 3.52. The summed E-state index contributed by atoms with van der Waals surface area (Å²) in [5.74, 6) is 0. The van der Waals surface area contributed by atoms with Crippen LogP contribution in [0.25, 0.3) is 0 Å². The molecule has 0 aromatic heterocycles. The summed E-state index contributed by atoms with van der Waals surface area (Å²) in [5.41, 5.74) is 0. The predicted octanol–water partition coefficient (Wildman–Crippen LogP) is 2.24. The number of hydrogen-bond acceptors (Lipinski definition) is 1. The van der Waals surface area contributed by atoms with Gasteiger partial charge in [-0.25, -0.2) is 0 Å². The molecule has 64 valence electrons. The van der Waals surface area contributed by atoms with E-state index < -0.39 is 0 Å². The van der Waals surface area contributed by atoms with Gasteiger partial charge in [0.2, 0.25) is 0 Å². The highest BCUT2D eigenvalue weighted by molar-refractivity contribution is 6.21. The number of alkyl halides is 1. The van der Waals surface area contributed by atoms with Crippen molar-refractivity contribution in [2.75, 3.05) is 13.1 Å². The van der Waals surface area contributed by atoms with Crippen LogP contribution in [-0.2, 0) is 0 Å². The lowest BCUT2D eigenvalue weighted by Gasteiger charge is -2.43. The molecule has 0 aromatic carbocycles. The number of piperidine rings is 1. The second-order valence-corrected chi connectivity index (χ2v) is 4.32. The highest BCUT2D eigenvalue weighted by Crippen LogP contribution is 2.31. The van der Waals surface area contributed by atoms with Gasteiger partial charge < -0.3 is 0 Å². The van der Waals surface area contributed by atoms with Crippen LogP contribution < -0.4 is 0 Å². The zero-order valence-corrected chi connectivity index (χ0v) is 7.69. The van der Waals surface area contributed by atoms with Crippen molar-refractivity contribution in [2.45, 2.75) is 43.5 Å². The molecule has 1 aliphatic heterocycles. The van der Waals surface area contributed by atoms with Crippen molar-refractivity contribution in [1.29, 1.82) is 0 Å². The van der Waals surface area contributed by atoms with E-state index in [9.17, 15) is 0 Å². The maximum atomic E-state index is 6.11. The van der Waals surface area contributed by atoms with Crippen molar-refractivity contribution in [3.8, 4) is 0 Å². The Labute approximate surface area is 73.7 Å². The Morgan fingerprint density at radius 3 is 2.18 bits per heavy atom. The standard InChI is InChI=1S/C9H16ClN/c10-8-4-5-9(8)11-6-2-1-3-7-11/h8-9H,1-7H2. The van der Waals surface area contributed by atoms with Gasteiger partial charge in [0.1, 0.15) is 0 Å². The van der Waals surface area contributed by atoms with Gasteiger partial charge in [-0.3, -0.25) is 4.90 Å². The Balaban J connectivity index is 1.83. The van der Waals surface area contributed by atoms with Gasteiger partial charge >= 0.3 is 0 Å². The van der Waals surface area contributed by atoms with Gasteiger partial charge in [0, 0.05) is 11.4 Å². The predicted molar refractivity (Wildman–Crippen MR) is 48.1 cm³/mol. The van der Waals surface area contributed by atoms with E-state index >= 15 is 0 Å². The van der Waals surface area contributed by atoms with Crippen molar-refractivity contribution < 1.29 is 0 Å². The van der Waals surface area contributed by atoms with Crippen LogP contribution in [0.2, 0.25) is 0 Å². The van der Waals surface area contributed by atoms with Crippen LogP contribution in [0.3, 0.4) is 0 Å². The molecule has 1 heterocycles. The van der Waals surface area contributed by atoms with Crippen molar-refractivity contribution in [3.05, 3.63) is 0 Å². The monoisotopic (exact) mass is 173 g/mol. The first-order valence-electron chi connectivity index (χ1n) is 4.76. The van der Waals surface area contributed by atoms with Gasteiger partial charge in [-0.15, -0.1) is 11.6 Å². The topological polar surface area (TPSA) is 3.24 Å². The third kappa shape index (κ3) is 1.54. The largest absolute Gasteiger partial charge is 0.299 e. The molecule has 0 bridgehead atoms. The van der Waals surface area contributed by atoms with Crippen LogP contribution in [0.5, 0.6) is 0 Å². The first kappa shape index (κ1) is 7.88. The summed E-state index contributed by atoms with van der Waals surface area (Å²) in [5, 5.41) is 0.466. The number of hydrogen-bond donors (Lipinski definition) is 0. The molecule has 1 saturated heterocycles. The Hall–Kier alpha value is 0.250. The lowest BCUT2D eigenvalue weighted by Crippen LogP contribution is -2.49. The van der Waals surface area contributed by atoms with Gasteiger partial charge in [-0.2, -0.15) is 0 Å². The average Bonchev–Trinajstić information content (AvgIpc) is 2.04. The summed E-state index contributed by atoms with van der Waals surface area (Å²) in [4.78, 5) is 2.59. The van der Waals surface area contributed by atoms with Crippen LogP contribution in [0.4, 0.5) is 0 Å². The fourth-order valence-electron chi connectivity index (χ4n) is 2.10. The van der Waals surface area contributed by atoms with E-state index in [-0.39, 0.29) is 0 Å². The molecule has 0 N–H and O–H groups in total. The highest BCUT2D eigenvalue weighted by atomic mass is 35.5. The molecule has 1 aliphatic carbocycles. The Morgan fingerprint density at radius 2 is 1.73 bits per heavy atom. The highest BCUT2D eigenvalue weighted by Gasteiger charge is 2.34. The van der Waals surface area contributed by atoms with Crippen LogP contribution in [0.15, 0.2) is 0 Å². The number of rotatable bonds is 1. The van der Waals surface area contributed by atoms with Crippen molar-refractivity contribution in [1.82, 2.24) is 4.90 Å². The van der Waals surface area contributed by atoms with Crippen molar-refractivity contribution >= 4 is 11.6 Å². The maximum absolute atomic E-state index is 6.11. The SMILES string of the molecule is ClC1CCC1N1CCCCC1. The van der Waals surface area contributed by atoms with Crippen LogP contribution in [0, 0.1) is 0 Å². The zero-order chi connectivity index (χ0) is 7.68. The third-order valence-electron chi connectivity index (χ3n) is 3.02. The molecule has 1 saturated carbocycles. The summed E-state index contributed by atoms with van der Waals surface area (Å²) < 4.78 is 0. The second kappa shape index (κ2) is 3.32. The molecule has 2 fully saturated rings. The van der Waals surface area contributed by atoms with Gasteiger partial charge in [0.15, 0.2) is 0 Å². The first-order valence-corrected chi connectivity index (χ1v) is 5.20. The number of nitrogens with zero attached hydrogens (tertiary/aromatic N) is 1. The van der Waals surface area contributed by atoms with Crippen LogP contribution in [0.1, 0.15) is 32.1 Å². The van der Waals surface area contributed by atoms with E-state index in [0.717, 1.165) is 6.04 Å². The van der Waals surface area contributed by atoms with E-state index in [1.165, 1.54) is 45.2 Å². The molecule has 11 heavy (non-hydrogen) atoms. The summed E-state index contributed by atoms with van der Waals surface area (Å²) in [7, 11) is 0. The molecule has 0 amide bonds. The molecule has 0 aromatic rings. The molecular formula is C9H16ClN. The van der Waals surface area contributed by atoms with Gasteiger partial charge in [0.25, 0.3) is 0 Å². The summed E-state index contributed by atoms with van der Waals surface area (Å²) in [6.45, 7) is 2.60. The average molecular weight is 174 g/mol. The van der Waals surface area contributed by atoms with E-state index in [1.54, 1.807) is 0 Å². The lowest BCUT2D eigenvalue weighted by molar-refractivity contribution is 0.109. The number of likely N-dealkylation sites (tertiary alicyclic amines) is 1. The van der Waals surface area contributed by atoms with E-state index in [2.05, 4.69) is 4.90 Å². The van der Waals surface area contributed by atoms with Crippen molar-refractivity contribution in [3.63, 3.8) is 0 Å². The van der Waals surface area contributed by atoms with E-state index in [1.807, 2.05) is 0 Å². The maximum Gasteiger partial charge on any atom is 0.0492 e. The molecule has 0 spiro atoms. The van der Waals surface area contributed by atoms with E-state index in [4.69, 9.17) is 11.6 Å².